The van der Waals surface area contributed by atoms with E-state index in [1.54, 1.807) is 0 Å². The lowest BCUT2D eigenvalue weighted by Gasteiger charge is -2.18. The van der Waals surface area contributed by atoms with Crippen molar-refractivity contribution in [3.05, 3.63) is 0 Å². The Hall–Kier alpha value is -1.59. The third-order valence-corrected chi connectivity index (χ3v) is 15.3. The minimum atomic E-state index is -0.763. The van der Waals surface area contributed by atoms with Crippen molar-refractivity contribution < 1.29 is 28.6 Å². The Balaban J connectivity index is 4.28. The molecule has 0 aliphatic carbocycles. The second-order valence-corrected chi connectivity index (χ2v) is 23.2. The lowest BCUT2D eigenvalue weighted by atomic mass is 10.0. The summed E-state index contributed by atoms with van der Waals surface area (Å²) >= 11 is 0. The third kappa shape index (κ3) is 59.3. The zero-order valence-corrected chi connectivity index (χ0v) is 49.4. The fourth-order valence-electron chi connectivity index (χ4n) is 10.3. The molecule has 0 N–H and O–H groups in total. The summed E-state index contributed by atoms with van der Waals surface area (Å²) in [5, 5.41) is 0. The van der Waals surface area contributed by atoms with E-state index in [2.05, 4.69) is 27.7 Å². The monoisotopic (exact) mass is 1020 g/mol. The molecule has 0 aliphatic rings. The van der Waals surface area contributed by atoms with Crippen LogP contribution in [0.2, 0.25) is 0 Å². The minimum Gasteiger partial charge on any atom is -0.462 e. The molecule has 0 rings (SSSR count). The molecule has 1 atom stereocenters. The van der Waals surface area contributed by atoms with Gasteiger partial charge in [-0.3, -0.25) is 14.4 Å². The van der Waals surface area contributed by atoms with Crippen LogP contribution in [-0.4, -0.2) is 37.2 Å². The molecule has 0 fully saturated rings. The molecule has 0 spiro atoms. The maximum atomic E-state index is 12.9. The van der Waals surface area contributed by atoms with Crippen LogP contribution >= 0.6 is 0 Å². The summed E-state index contributed by atoms with van der Waals surface area (Å²) in [5.74, 6) is 0.0282. The molecule has 0 aromatic rings. The first-order valence-electron chi connectivity index (χ1n) is 32.9. The molecule has 0 aliphatic heterocycles. The molecule has 0 bridgehead atoms. The summed E-state index contributed by atoms with van der Waals surface area (Å²) in [6.45, 7) is 9.11. The first-order valence-corrected chi connectivity index (χ1v) is 32.9. The highest BCUT2D eigenvalue weighted by atomic mass is 16.6. The van der Waals surface area contributed by atoms with Crippen LogP contribution in [0.5, 0.6) is 0 Å². The molecule has 0 heterocycles. The van der Waals surface area contributed by atoms with Crippen LogP contribution in [0.25, 0.3) is 0 Å². The first kappa shape index (κ1) is 70.4. The van der Waals surface area contributed by atoms with E-state index in [0.29, 0.717) is 19.3 Å². The van der Waals surface area contributed by atoms with Gasteiger partial charge >= 0.3 is 17.9 Å². The normalized spacial score (nSPS) is 12.0. The molecule has 72 heavy (non-hydrogen) atoms. The summed E-state index contributed by atoms with van der Waals surface area (Å²) in [6.07, 6.45) is 68.2. The number of hydrogen-bond acceptors (Lipinski definition) is 6. The number of rotatable bonds is 61. The topological polar surface area (TPSA) is 78.9 Å². The highest BCUT2D eigenvalue weighted by Gasteiger charge is 2.19. The molecule has 6 heteroatoms. The summed E-state index contributed by atoms with van der Waals surface area (Å²) in [4.78, 5) is 38.4. The van der Waals surface area contributed by atoms with Crippen molar-refractivity contribution in [1.82, 2.24) is 0 Å². The molecular weight excluding hydrogens is 889 g/mol. The van der Waals surface area contributed by atoms with Gasteiger partial charge in [-0.25, -0.2) is 0 Å². The zero-order chi connectivity index (χ0) is 52.3. The van der Waals surface area contributed by atoms with E-state index in [0.717, 1.165) is 63.7 Å². The van der Waals surface area contributed by atoms with E-state index in [9.17, 15) is 14.4 Å². The number of esters is 3. The second-order valence-electron chi connectivity index (χ2n) is 23.2. The SMILES string of the molecule is CCCCCCCCCCCCCCCCCCCCC(=O)O[C@@H](COC(=O)CCCCCCCCCCCCCCCCCCC)COC(=O)CCCCCCCCCCCCCCCCCCC(C)C. The predicted octanol–water partition coefficient (Wildman–Crippen LogP) is 22.1. The lowest BCUT2D eigenvalue weighted by molar-refractivity contribution is -0.167. The number of ether oxygens (including phenoxy) is 3. The predicted molar refractivity (Wildman–Crippen MR) is 312 cm³/mol. The maximum Gasteiger partial charge on any atom is 0.306 e. The third-order valence-electron chi connectivity index (χ3n) is 15.3. The van der Waals surface area contributed by atoms with Gasteiger partial charge in [0.15, 0.2) is 6.10 Å². The van der Waals surface area contributed by atoms with Gasteiger partial charge in [-0.1, -0.05) is 342 Å². The van der Waals surface area contributed by atoms with E-state index >= 15 is 0 Å². The van der Waals surface area contributed by atoms with Crippen molar-refractivity contribution >= 4 is 17.9 Å². The van der Waals surface area contributed by atoms with Crippen LogP contribution in [0.4, 0.5) is 0 Å². The van der Waals surface area contributed by atoms with Gasteiger partial charge < -0.3 is 14.2 Å². The van der Waals surface area contributed by atoms with Gasteiger partial charge in [-0.2, -0.15) is 0 Å². The van der Waals surface area contributed by atoms with Gasteiger partial charge in [0.05, 0.1) is 0 Å². The van der Waals surface area contributed by atoms with Crippen molar-refractivity contribution in [2.45, 2.75) is 387 Å². The van der Waals surface area contributed by atoms with Crippen LogP contribution in [-0.2, 0) is 28.6 Å². The fraction of sp³-hybridized carbons (Fsp3) is 0.955. The second kappa shape index (κ2) is 60.3. The van der Waals surface area contributed by atoms with Crippen LogP contribution < -0.4 is 0 Å². The number of carbonyl (C=O) groups is 3. The molecule has 0 aromatic carbocycles. The summed E-state index contributed by atoms with van der Waals surface area (Å²) in [6, 6.07) is 0. The van der Waals surface area contributed by atoms with Crippen molar-refractivity contribution in [2.24, 2.45) is 5.92 Å². The van der Waals surface area contributed by atoms with Gasteiger partial charge in [-0.15, -0.1) is 0 Å². The van der Waals surface area contributed by atoms with Crippen molar-refractivity contribution in [1.29, 1.82) is 0 Å². The van der Waals surface area contributed by atoms with E-state index in [-0.39, 0.29) is 31.1 Å². The van der Waals surface area contributed by atoms with E-state index < -0.39 is 6.10 Å². The van der Waals surface area contributed by atoms with Crippen LogP contribution in [0, 0.1) is 5.92 Å². The van der Waals surface area contributed by atoms with Gasteiger partial charge in [0, 0.05) is 19.3 Å². The Labute approximate surface area is 450 Å². The van der Waals surface area contributed by atoms with E-state index in [4.69, 9.17) is 14.2 Å². The van der Waals surface area contributed by atoms with E-state index in [1.165, 1.54) is 276 Å². The molecule has 0 radical (unpaired) electrons. The number of carbonyl (C=O) groups excluding carboxylic acids is 3. The van der Waals surface area contributed by atoms with Gasteiger partial charge in [-0.05, 0) is 25.2 Å². The van der Waals surface area contributed by atoms with Crippen molar-refractivity contribution in [3.8, 4) is 0 Å². The smallest absolute Gasteiger partial charge is 0.306 e. The Morgan fingerprint density at radius 2 is 0.458 bits per heavy atom. The maximum absolute atomic E-state index is 12.9. The van der Waals surface area contributed by atoms with Crippen LogP contribution in [0.15, 0.2) is 0 Å². The highest BCUT2D eigenvalue weighted by molar-refractivity contribution is 5.71. The highest BCUT2D eigenvalue weighted by Crippen LogP contribution is 2.19. The average Bonchev–Trinajstić information content (AvgIpc) is 3.37. The molecule has 428 valence electrons. The lowest BCUT2D eigenvalue weighted by Crippen LogP contribution is -2.30. The molecular formula is C66H128O6. The number of unbranched alkanes of at least 4 members (excludes halogenated alkanes) is 48. The molecule has 0 aromatic heterocycles. The minimum absolute atomic E-state index is 0.0609. The fourth-order valence-corrected chi connectivity index (χ4v) is 10.3. The van der Waals surface area contributed by atoms with E-state index in [1.807, 2.05) is 0 Å². The van der Waals surface area contributed by atoms with Gasteiger partial charge in [0.25, 0.3) is 0 Å². The van der Waals surface area contributed by atoms with Crippen LogP contribution in [0.3, 0.4) is 0 Å². The van der Waals surface area contributed by atoms with Crippen LogP contribution in [0.1, 0.15) is 381 Å². The summed E-state index contributed by atoms with van der Waals surface area (Å²) in [7, 11) is 0. The standard InChI is InChI=1S/C66H128O6/c1-5-7-9-11-13-15-17-19-21-23-25-31-35-39-43-47-51-55-59-66(69)72-63(60-70-64(67)57-53-49-45-41-37-33-29-24-22-20-18-16-14-12-10-8-6-2)61-71-65(68)58-54-50-46-42-38-34-30-27-26-28-32-36-40-44-48-52-56-62(3)4/h62-63H,5-61H2,1-4H3/t63-/m0/s1. The number of hydrogen-bond donors (Lipinski definition) is 0. The quantitative estimate of drug-likeness (QED) is 0.0343. The molecule has 0 saturated carbocycles. The van der Waals surface area contributed by atoms with Gasteiger partial charge in [0.1, 0.15) is 13.2 Å². The molecule has 0 saturated heterocycles. The zero-order valence-electron chi connectivity index (χ0n) is 49.4. The van der Waals surface area contributed by atoms with Crippen molar-refractivity contribution in [3.63, 3.8) is 0 Å². The summed E-state index contributed by atoms with van der Waals surface area (Å²) in [5.41, 5.74) is 0. The Morgan fingerprint density at radius 3 is 0.681 bits per heavy atom. The first-order chi connectivity index (χ1) is 35.4. The molecule has 0 unspecified atom stereocenters. The Kier molecular flexibility index (Phi) is 58.9. The average molecular weight is 1020 g/mol. The molecule has 0 amide bonds. The Bertz CT molecular complexity index is 1090. The molecule has 6 nitrogen and oxygen atoms in total. The summed E-state index contributed by atoms with van der Waals surface area (Å²) < 4.78 is 17.0. The van der Waals surface area contributed by atoms with Crippen molar-refractivity contribution in [2.75, 3.05) is 13.2 Å². The van der Waals surface area contributed by atoms with Gasteiger partial charge in [0.2, 0.25) is 0 Å². The largest absolute Gasteiger partial charge is 0.462 e. The Morgan fingerprint density at radius 1 is 0.264 bits per heavy atom.